The van der Waals surface area contributed by atoms with Gasteiger partial charge in [-0.05, 0) is 42.0 Å². The number of carbonyl (C=O) groups is 2. The van der Waals surface area contributed by atoms with Gasteiger partial charge in [-0.25, -0.2) is 4.79 Å². The molecule has 0 atom stereocenters. The standard InChI is InChI=1S/C16H17N3O3/c1-22-16(21)13-2-4-14(5-3-13)18-11-15(20)19-10-12-6-8-17-9-7-12/h2-9,18H,10-11H2,1H3,(H,19,20). The van der Waals surface area contributed by atoms with Gasteiger partial charge in [-0.1, -0.05) is 0 Å². The van der Waals surface area contributed by atoms with E-state index in [1.54, 1.807) is 36.7 Å². The van der Waals surface area contributed by atoms with E-state index in [0.29, 0.717) is 12.1 Å². The number of anilines is 1. The lowest BCUT2D eigenvalue weighted by Crippen LogP contribution is -2.29. The summed E-state index contributed by atoms with van der Waals surface area (Å²) in [6.45, 7) is 0.618. The monoisotopic (exact) mass is 299 g/mol. The average Bonchev–Trinajstić information content (AvgIpc) is 2.58. The Balaban J connectivity index is 1.77. The van der Waals surface area contributed by atoms with Gasteiger partial charge >= 0.3 is 5.97 Å². The molecule has 0 aliphatic carbocycles. The summed E-state index contributed by atoms with van der Waals surface area (Å²) >= 11 is 0. The van der Waals surface area contributed by atoms with Crippen LogP contribution in [0.3, 0.4) is 0 Å². The van der Waals surface area contributed by atoms with Crippen LogP contribution in [0, 0.1) is 0 Å². The maximum absolute atomic E-state index is 11.7. The maximum atomic E-state index is 11.7. The number of aromatic nitrogens is 1. The van der Waals surface area contributed by atoms with Gasteiger partial charge in [-0.3, -0.25) is 9.78 Å². The van der Waals surface area contributed by atoms with Gasteiger partial charge in [0.2, 0.25) is 5.91 Å². The minimum Gasteiger partial charge on any atom is -0.465 e. The average molecular weight is 299 g/mol. The molecule has 1 aromatic carbocycles. The number of carbonyl (C=O) groups excluding carboxylic acids is 2. The van der Waals surface area contributed by atoms with Crippen molar-refractivity contribution in [2.75, 3.05) is 19.0 Å². The molecule has 0 spiro atoms. The molecular formula is C16H17N3O3. The molecule has 0 unspecified atom stereocenters. The molecule has 0 radical (unpaired) electrons. The van der Waals surface area contributed by atoms with Crippen LogP contribution in [-0.2, 0) is 16.1 Å². The Hall–Kier alpha value is -2.89. The van der Waals surface area contributed by atoms with E-state index in [1.165, 1.54) is 7.11 Å². The molecule has 1 heterocycles. The molecule has 0 bridgehead atoms. The van der Waals surface area contributed by atoms with Crippen molar-refractivity contribution in [2.24, 2.45) is 0 Å². The van der Waals surface area contributed by atoms with Gasteiger partial charge in [0.25, 0.3) is 0 Å². The third-order valence-electron chi connectivity index (χ3n) is 3.00. The molecule has 1 amide bonds. The number of esters is 1. The van der Waals surface area contributed by atoms with Gasteiger partial charge in [-0.2, -0.15) is 0 Å². The summed E-state index contributed by atoms with van der Waals surface area (Å²) < 4.78 is 4.62. The van der Waals surface area contributed by atoms with Crippen LogP contribution < -0.4 is 10.6 Å². The highest BCUT2D eigenvalue weighted by Crippen LogP contribution is 2.09. The molecule has 22 heavy (non-hydrogen) atoms. The molecule has 6 nitrogen and oxygen atoms in total. The van der Waals surface area contributed by atoms with E-state index in [0.717, 1.165) is 11.3 Å². The minimum absolute atomic E-state index is 0.117. The topological polar surface area (TPSA) is 80.3 Å². The lowest BCUT2D eigenvalue weighted by Gasteiger charge is -2.08. The quantitative estimate of drug-likeness (QED) is 0.792. The van der Waals surface area contributed by atoms with E-state index < -0.39 is 0 Å². The van der Waals surface area contributed by atoms with Gasteiger partial charge in [0.15, 0.2) is 0 Å². The molecule has 114 valence electrons. The largest absolute Gasteiger partial charge is 0.465 e. The van der Waals surface area contributed by atoms with E-state index in [4.69, 9.17) is 0 Å². The van der Waals surface area contributed by atoms with E-state index >= 15 is 0 Å². The molecule has 0 fully saturated rings. The number of nitrogens with zero attached hydrogens (tertiary/aromatic N) is 1. The Morgan fingerprint density at radius 2 is 1.77 bits per heavy atom. The van der Waals surface area contributed by atoms with E-state index in [2.05, 4.69) is 20.4 Å². The van der Waals surface area contributed by atoms with Crippen molar-refractivity contribution in [1.82, 2.24) is 10.3 Å². The number of benzene rings is 1. The molecule has 2 aromatic rings. The molecule has 0 aliphatic heterocycles. The number of nitrogens with one attached hydrogen (secondary N) is 2. The SMILES string of the molecule is COC(=O)c1ccc(NCC(=O)NCc2ccncc2)cc1. The van der Waals surface area contributed by atoms with Crippen LogP contribution in [0.15, 0.2) is 48.8 Å². The number of pyridine rings is 1. The van der Waals surface area contributed by atoms with Gasteiger partial charge in [0.1, 0.15) is 0 Å². The fourth-order valence-corrected chi connectivity index (χ4v) is 1.79. The van der Waals surface area contributed by atoms with Crippen LogP contribution in [0.1, 0.15) is 15.9 Å². The highest BCUT2D eigenvalue weighted by atomic mass is 16.5. The molecule has 1 aromatic heterocycles. The predicted molar refractivity (Wildman–Crippen MR) is 82.4 cm³/mol. The zero-order valence-electron chi connectivity index (χ0n) is 12.2. The van der Waals surface area contributed by atoms with Crippen molar-refractivity contribution in [1.29, 1.82) is 0 Å². The van der Waals surface area contributed by atoms with Crippen molar-refractivity contribution in [3.63, 3.8) is 0 Å². The van der Waals surface area contributed by atoms with Gasteiger partial charge in [-0.15, -0.1) is 0 Å². The number of methoxy groups -OCH3 is 1. The van der Waals surface area contributed by atoms with Gasteiger partial charge < -0.3 is 15.4 Å². The first kappa shape index (κ1) is 15.5. The van der Waals surface area contributed by atoms with Gasteiger partial charge in [0, 0.05) is 24.6 Å². The molecule has 0 saturated carbocycles. The normalized spacial score (nSPS) is 9.86. The first-order chi connectivity index (χ1) is 10.7. The Labute approximate surface area is 128 Å². The lowest BCUT2D eigenvalue weighted by atomic mass is 10.2. The third-order valence-corrected chi connectivity index (χ3v) is 3.00. The van der Waals surface area contributed by atoms with Crippen LogP contribution in [0.25, 0.3) is 0 Å². The number of hydrogen-bond donors (Lipinski definition) is 2. The molecule has 2 N–H and O–H groups in total. The Morgan fingerprint density at radius 1 is 1.09 bits per heavy atom. The van der Waals surface area contributed by atoms with Crippen LogP contribution >= 0.6 is 0 Å². The molecule has 6 heteroatoms. The Morgan fingerprint density at radius 3 is 2.41 bits per heavy atom. The summed E-state index contributed by atoms with van der Waals surface area (Å²) in [5, 5.41) is 5.79. The zero-order valence-corrected chi connectivity index (χ0v) is 12.2. The van der Waals surface area contributed by atoms with Crippen molar-refractivity contribution < 1.29 is 14.3 Å². The van der Waals surface area contributed by atoms with Crippen LogP contribution in [0.2, 0.25) is 0 Å². The second-order valence-corrected chi connectivity index (χ2v) is 4.55. The fourth-order valence-electron chi connectivity index (χ4n) is 1.79. The smallest absolute Gasteiger partial charge is 0.337 e. The highest BCUT2D eigenvalue weighted by Gasteiger charge is 2.05. The summed E-state index contributed by atoms with van der Waals surface area (Å²) in [5.74, 6) is -0.504. The molecule has 2 rings (SSSR count). The van der Waals surface area contributed by atoms with Crippen LogP contribution in [0.5, 0.6) is 0 Å². The number of rotatable bonds is 6. The summed E-state index contributed by atoms with van der Waals surface area (Å²) in [6.07, 6.45) is 3.37. The van der Waals surface area contributed by atoms with Crippen molar-refractivity contribution in [3.8, 4) is 0 Å². The van der Waals surface area contributed by atoms with E-state index in [9.17, 15) is 9.59 Å². The molecular weight excluding hydrogens is 282 g/mol. The maximum Gasteiger partial charge on any atom is 0.337 e. The molecule has 0 aliphatic rings. The third kappa shape index (κ3) is 4.59. The second kappa shape index (κ2) is 7.78. The predicted octanol–water partition coefficient (Wildman–Crippen LogP) is 1.60. The van der Waals surface area contributed by atoms with Gasteiger partial charge in [0.05, 0.1) is 19.2 Å². The first-order valence-corrected chi connectivity index (χ1v) is 6.77. The number of hydrogen-bond acceptors (Lipinski definition) is 5. The summed E-state index contributed by atoms with van der Waals surface area (Å²) in [7, 11) is 1.33. The van der Waals surface area contributed by atoms with Crippen molar-refractivity contribution >= 4 is 17.6 Å². The number of amides is 1. The zero-order chi connectivity index (χ0) is 15.8. The van der Waals surface area contributed by atoms with Crippen molar-refractivity contribution in [3.05, 3.63) is 59.9 Å². The minimum atomic E-state index is -0.387. The summed E-state index contributed by atoms with van der Waals surface area (Å²) in [5.41, 5.74) is 2.22. The Kier molecular flexibility index (Phi) is 5.48. The molecule has 0 saturated heterocycles. The summed E-state index contributed by atoms with van der Waals surface area (Å²) in [6, 6.07) is 10.4. The van der Waals surface area contributed by atoms with Crippen LogP contribution in [0.4, 0.5) is 5.69 Å². The lowest BCUT2D eigenvalue weighted by molar-refractivity contribution is -0.119. The Bertz CT molecular complexity index is 627. The van der Waals surface area contributed by atoms with E-state index in [1.807, 2.05) is 12.1 Å². The number of ether oxygens (including phenoxy) is 1. The highest BCUT2D eigenvalue weighted by molar-refractivity contribution is 5.89. The second-order valence-electron chi connectivity index (χ2n) is 4.55. The fraction of sp³-hybridized carbons (Fsp3) is 0.188. The van der Waals surface area contributed by atoms with E-state index in [-0.39, 0.29) is 18.4 Å². The van der Waals surface area contributed by atoms with Crippen LogP contribution in [-0.4, -0.2) is 30.5 Å². The summed E-state index contributed by atoms with van der Waals surface area (Å²) in [4.78, 5) is 27.0. The van der Waals surface area contributed by atoms with Crippen molar-refractivity contribution in [2.45, 2.75) is 6.54 Å². The first-order valence-electron chi connectivity index (χ1n) is 6.77.